The molecule has 5 nitrogen and oxygen atoms in total. The largest absolute Gasteiger partial charge is 0.493 e. The van der Waals surface area contributed by atoms with Crippen molar-refractivity contribution in [1.82, 2.24) is 4.90 Å². The van der Waals surface area contributed by atoms with E-state index in [2.05, 4.69) is 0 Å². The molecule has 3 rings (SSSR count). The van der Waals surface area contributed by atoms with Gasteiger partial charge in [-0.15, -0.1) is 0 Å². The molecule has 1 aliphatic rings. The molecule has 0 bridgehead atoms. The second-order valence-electron chi connectivity index (χ2n) is 6.05. The lowest BCUT2D eigenvalue weighted by molar-refractivity contribution is 0.0307. The Bertz CT molecular complexity index is 774. The van der Waals surface area contributed by atoms with Crippen LogP contribution in [-0.4, -0.2) is 36.7 Å². The zero-order chi connectivity index (χ0) is 17.3. The van der Waals surface area contributed by atoms with Crippen molar-refractivity contribution < 1.29 is 19.4 Å². The van der Waals surface area contributed by atoms with Gasteiger partial charge in [0.1, 0.15) is 0 Å². The average Bonchev–Trinajstić information content (AvgIpc) is 2.98. The van der Waals surface area contributed by atoms with Crippen molar-refractivity contribution in [2.24, 2.45) is 0 Å². The van der Waals surface area contributed by atoms with Gasteiger partial charge in [-0.2, -0.15) is 0 Å². The van der Waals surface area contributed by atoms with Crippen LogP contribution in [0.15, 0.2) is 42.5 Å². The zero-order valence-corrected chi connectivity index (χ0v) is 14.1. The number of rotatable bonds is 5. The molecule has 1 N–H and O–H groups in total. The third kappa shape index (κ3) is 2.41. The molecule has 0 aromatic heterocycles. The number of nitrogens with zero attached hydrogens (tertiary/aromatic N) is 1. The Kier molecular flexibility index (Phi) is 4.20. The third-order valence-corrected chi connectivity index (χ3v) is 4.73. The van der Waals surface area contributed by atoms with E-state index in [0.29, 0.717) is 23.6 Å². The molecule has 1 heterocycles. The molecule has 2 aromatic carbocycles. The van der Waals surface area contributed by atoms with Crippen molar-refractivity contribution in [2.45, 2.75) is 19.0 Å². The fourth-order valence-electron chi connectivity index (χ4n) is 3.16. The standard InChI is InChI=1S/C19H21NO4/c1-19(12-21,14-8-9-16(23-2)17(10-14)24-3)20-11-13-6-4-5-7-15(13)18(20)22/h4-10,21H,11-12H2,1-3H3. The lowest BCUT2D eigenvalue weighted by atomic mass is 9.90. The number of aliphatic hydroxyl groups excluding tert-OH is 1. The van der Waals surface area contributed by atoms with Gasteiger partial charge in [-0.3, -0.25) is 4.79 Å². The molecule has 5 heteroatoms. The van der Waals surface area contributed by atoms with Crippen LogP contribution in [0.2, 0.25) is 0 Å². The summed E-state index contributed by atoms with van der Waals surface area (Å²) in [6, 6.07) is 13.0. The SMILES string of the molecule is COc1ccc(C(C)(CO)N2Cc3ccccc3C2=O)cc1OC. The summed E-state index contributed by atoms with van der Waals surface area (Å²) in [5, 5.41) is 10.1. The molecule has 0 saturated carbocycles. The number of hydrogen-bond donors (Lipinski definition) is 1. The molecule has 24 heavy (non-hydrogen) atoms. The topological polar surface area (TPSA) is 59.0 Å². The van der Waals surface area contributed by atoms with Crippen molar-refractivity contribution in [3.05, 3.63) is 59.2 Å². The second kappa shape index (κ2) is 6.17. The van der Waals surface area contributed by atoms with Crippen molar-refractivity contribution in [3.8, 4) is 11.5 Å². The van der Waals surface area contributed by atoms with Gasteiger partial charge in [0.25, 0.3) is 5.91 Å². The van der Waals surface area contributed by atoms with Crippen LogP contribution in [-0.2, 0) is 12.1 Å². The first-order valence-electron chi connectivity index (χ1n) is 7.78. The Morgan fingerprint density at radius 2 is 1.83 bits per heavy atom. The smallest absolute Gasteiger partial charge is 0.255 e. The number of hydrogen-bond acceptors (Lipinski definition) is 4. The van der Waals surface area contributed by atoms with E-state index in [9.17, 15) is 9.90 Å². The molecule has 0 spiro atoms. The summed E-state index contributed by atoms with van der Waals surface area (Å²) in [5.74, 6) is 1.10. The quantitative estimate of drug-likeness (QED) is 0.917. The number of fused-ring (bicyclic) bond motifs is 1. The van der Waals surface area contributed by atoms with Gasteiger partial charge >= 0.3 is 0 Å². The third-order valence-electron chi connectivity index (χ3n) is 4.73. The van der Waals surface area contributed by atoms with Gasteiger partial charge in [0.2, 0.25) is 0 Å². The molecule has 0 saturated heterocycles. The predicted molar refractivity (Wildman–Crippen MR) is 90.3 cm³/mol. The summed E-state index contributed by atoms with van der Waals surface area (Å²) >= 11 is 0. The predicted octanol–water partition coefficient (Wildman–Crippen LogP) is 2.57. The highest BCUT2D eigenvalue weighted by Gasteiger charge is 2.41. The summed E-state index contributed by atoms with van der Waals surface area (Å²) in [4.78, 5) is 14.5. The van der Waals surface area contributed by atoms with E-state index in [1.807, 2.05) is 43.3 Å². The minimum Gasteiger partial charge on any atom is -0.493 e. The maximum Gasteiger partial charge on any atom is 0.255 e. The van der Waals surface area contributed by atoms with E-state index in [1.54, 1.807) is 25.2 Å². The fourth-order valence-corrected chi connectivity index (χ4v) is 3.16. The van der Waals surface area contributed by atoms with Gasteiger partial charge in [0.15, 0.2) is 11.5 Å². The van der Waals surface area contributed by atoms with Gasteiger partial charge in [0, 0.05) is 12.1 Å². The van der Waals surface area contributed by atoms with Gasteiger partial charge in [-0.1, -0.05) is 24.3 Å². The van der Waals surface area contributed by atoms with E-state index in [1.165, 1.54) is 0 Å². The number of carbonyl (C=O) groups is 1. The Hall–Kier alpha value is -2.53. The maximum atomic E-state index is 12.8. The van der Waals surface area contributed by atoms with Crippen LogP contribution in [0.4, 0.5) is 0 Å². The van der Waals surface area contributed by atoms with Gasteiger partial charge in [-0.05, 0) is 36.2 Å². The van der Waals surface area contributed by atoms with E-state index in [0.717, 1.165) is 11.1 Å². The number of carbonyl (C=O) groups excluding carboxylic acids is 1. The molecule has 0 aliphatic carbocycles. The van der Waals surface area contributed by atoms with Crippen molar-refractivity contribution in [2.75, 3.05) is 20.8 Å². The molecule has 2 aromatic rings. The molecule has 1 aliphatic heterocycles. The van der Waals surface area contributed by atoms with E-state index in [-0.39, 0.29) is 12.5 Å². The monoisotopic (exact) mass is 327 g/mol. The Morgan fingerprint density at radius 1 is 1.12 bits per heavy atom. The highest BCUT2D eigenvalue weighted by molar-refractivity contribution is 5.98. The summed E-state index contributed by atoms with van der Waals surface area (Å²) in [5.41, 5.74) is 1.61. The van der Waals surface area contributed by atoms with E-state index < -0.39 is 5.54 Å². The average molecular weight is 327 g/mol. The highest BCUT2D eigenvalue weighted by atomic mass is 16.5. The van der Waals surface area contributed by atoms with Crippen LogP contribution in [0.5, 0.6) is 11.5 Å². The van der Waals surface area contributed by atoms with Crippen LogP contribution >= 0.6 is 0 Å². The first-order valence-corrected chi connectivity index (χ1v) is 7.78. The normalized spacial score (nSPS) is 15.8. The molecular formula is C19H21NO4. The van der Waals surface area contributed by atoms with Crippen LogP contribution in [0.1, 0.15) is 28.4 Å². The van der Waals surface area contributed by atoms with Crippen LogP contribution in [0.3, 0.4) is 0 Å². The first kappa shape index (κ1) is 16.3. The Balaban J connectivity index is 2.03. The number of methoxy groups -OCH3 is 2. The minimum atomic E-state index is -0.852. The zero-order valence-electron chi connectivity index (χ0n) is 14.1. The van der Waals surface area contributed by atoms with E-state index in [4.69, 9.17) is 9.47 Å². The van der Waals surface area contributed by atoms with Gasteiger partial charge in [-0.25, -0.2) is 0 Å². The summed E-state index contributed by atoms with van der Waals surface area (Å²) in [6.07, 6.45) is 0. The summed E-state index contributed by atoms with van der Waals surface area (Å²) in [7, 11) is 3.14. The first-order chi connectivity index (χ1) is 11.5. The van der Waals surface area contributed by atoms with E-state index >= 15 is 0 Å². The summed E-state index contributed by atoms with van der Waals surface area (Å²) < 4.78 is 10.6. The number of amides is 1. The van der Waals surface area contributed by atoms with Crippen LogP contribution < -0.4 is 9.47 Å². The van der Waals surface area contributed by atoms with Crippen LogP contribution in [0, 0.1) is 0 Å². The Labute approximate surface area is 141 Å². The fraction of sp³-hybridized carbons (Fsp3) is 0.316. The number of benzene rings is 2. The number of ether oxygens (including phenoxy) is 2. The molecule has 0 fully saturated rings. The molecular weight excluding hydrogens is 306 g/mol. The minimum absolute atomic E-state index is 0.0723. The molecule has 0 radical (unpaired) electrons. The lowest BCUT2D eigenvalue weighted by Gasteiger charge is -2.38. The van der Waals surface area contributed by atoms with Gasteiger partial charge < -0.3 is 19.5 Å². The van der Waals surface area contributed by atoms with Crippen molar-refractivity contribution >= 4 is 5.91 Å². The molecule has 1 unspecified atom stereocenters. The highest BCUT2D eigenvalue weighted by Crippen LogP contribution is 2.39. The van der Waals surface area contributed by atoms with Crippen LogP contribution in [0.25, 0.3) is 0 Å². The lowest BCUT2D eigenvalue weighted by Crippen LogP contribution is -2.46. The van der Waals surface area contributed by atoms with Crippen molar-refractivity contribution in [3.63, 3.8) is 0 Å². The molecule has 126 valence electrons. The van der Waals surface area contributed by atoms with Gasteiger partial charge in [0.05, 0.1) is 26.4 Å². The maximum absolute atomic E-state index is 12.8. The Morgan fingerprint density at radius 3 is 2.46 bits per heavy atom. The number of aliphatic hydroxyl groups is 1. The molecule has 1 amide bonds. The van der Waals surface area contributed by atoms with Crippen molar-refractivity contribution in [1.29, 1.82) is 0 Å². The summed E-state index contributed by atoms with van der Waals surface area (Å²) in [6.45, 7) is 2.14. The molecule has 1 atom stereocenters. The second-order valence-corrected chi connectivity index (χ2v) is 6.05.